The van der Waals surface area contributed by atoms with E-state index in [0.717, 1.165) is 20.8 Å². The summed E-state index contributed by atoms with van der Waals surface area (Å²) in [6, 6.07) is 7.63. The van der Waals surface area contributed by atoms with Crippen LogP contribution >= 0.6 is 0 Å². The summed E-state index contributed by atoms with van der Waals surface area (Å²) in [5.41, 5.74) is 0.712. The van der Waals surface area contributed by atoms with Gasteiger partial charge in [-0.1, -0.05) is 30.3 Å². The first-order valence-corrected chi connectivity index (χ1v) is 10.2. The van der Waals surface area contributed by atoms with E-state index in [-0.39, 0.29) is 13.0 Å². The molecule has 1 aliphatic rings. The van der Waals surface area contributed by atoms with E-state index in [1.54, 1.807) is 30.3 Å². The molecule has 0 radical (unpaired) electrons. The summed E-state index contributed by atoms with van der Waals surface area (Å²) < 4.78 is 26.6. The van der Waals surface area contributed by atoms with E-state index in [0.29, 0.717) is 5.56 Å². The lowest BCUT2D eigenvalue weighted by Gasteiger charge is -2.44. The second-order valence-corrected chi connectivity index (χ2v) is 7.36. The van der Waals surface area contributed by atoms with Crippen molar-refractivity contribution in [2.45, 2.75) is 64.8 Å². The molecule has 0 unspecified atom stereocenters. The van der Waals surface area contributed by atoms with Gasteiger partial charge in [0.15, 0.2) is 12.2 Å². The number of carbonyl (C=O) groups excluding carboxylic acids is 5. The molecule has 0 spiro atoms. The molecule has 1 heterocycles. The SMILES string of the molecule is CC(=O)OC[C@@H]1O[C@H](OC(C)=O)[C@H](NC(=O)Cc2ccccc2)[C@@H](OC(C)=O)[C@H]1OC(C)=O. The Bertz CT molecular complexity index is 871. The summed E-state index contributed by atoms with van der Waals surface area (Å²) in [6.45, 7) is 4.18. The zero-order valence-corrected chi connectivity index (χ0v) is 18.8. The first-order valence-electron chi connectivity index (χ1n) is 10.2. The van der Waals surface area contributed by atoms with Crippen LogP contribution in [-0.4, -0.2) is 67.0 Å². The molecular weight excluding hydrogens is 438 g/mol. The minimum absolute atomic E-state index is 0.0218. The fourth-order valence-electron chi connectivity index (χ4n) is 3.34. The van der Waals surface area contributed by atoms with Gasteiger partial charge in [0.2, 0.25) is 12.2 Å². The highest BCUT2D eigenvalue weighted by Crippen LogP contribution is 2.28. The molecule has 1 saturated heterocycles. The van der Waals surface area contributed by atoms with Gasteiger partial charge in [0.1, 0.15) is 18.8 Å². The molecule has 1 N–H and O–H groups in total. The Kier molecular flexibility index (Phi) is 9.34. The van der Waals surface area contributed by atoms with Crippen molar-refractivity contribution >= 4 is 29.8 Å². The number of esters is 4. The topological polar surface area (TPSA) is 144 Å². The van der Waals surface area contributed by atoms with E-state index in [2.05, 4.69) is 5.32 Å². The van der Waals surface area contributed by atoms with E-state index in [1.807, 2.05) is 0 Å². The van der Waals surface area contributed by atoms with Crippen molar-refractivity contribution in [1.82, 2.24) is 5.32 Å². The fourth-order valence-corrected chi connectivity index (χ4v) is 3.34. The molecule has 1 aromatic carbocycles. The van der Waals surface area contributed by atoms with Crippen molar-refractivity contribution < 1.29 is 47.7 Å². The molecule has 1 fully saturated rings. The van der Waals surface area contributed by atoms with E-state index in [1.165, 1.54) is 6.92 Å². The Morgan fingerprint density at radius 3 is 1.94 bits per heavy atom. The number of nitrogens with one attached hydrogen (secondary N) is 1. The van der Waals surface area contributed by atoms with Gasteiger partial charge in [0.25, 0.3) is 0 Å². The maximum absolute atomic E-state index is 12.7. The zero-order chi connectivity index (χ0) is 24.5. The Morgan fingerprint density at radius 2 is 1.39 bits per heavy atom. The van der Waals surface area contributed by atoms with Crippen molar-refractivity contribution in [2.24, 2.45) is 0 Å². The second-order valence-electron chi connectivity index (χ2n) is 7.36. The van der Waals surface area contributed by atoms with Crippen LogP contribution in [0, 0.1) is 0 Å². The molecule has 0 aromatic heterocycles. The molecule has 11 nitrogen and oxygen atoms in total. The van der Waals surface area contributed by atoms with Gasteiger partial charge in [-0.15, -0.1) is 0 Å². The van der Waals surface area contributed by atoms with Crippen molar-refractivity contribution in [3.8, 4) is 0 Å². The third kappa shape index (κ3) is 8.19. The van der Waals surface area contributed by atoms with E-state index >= 15 is 0 Å². The molecule has 33 heavy (non-hydrogen) atoms. The second kappa shape index (κ2) is 12.0. The minimum atomic E-state index is -1.42. The summed E-state index contributed by atoms with van der Waals surface area (Å²) in [7, 11) is 0. The highest BCUT2D eigenvalue weighted by molar-refractivity contribution is 5.79. The molecule has 5 atom stereocenters. The molecular formula is C22H27NO10. The summed E-state index contributed by atoms with van der Waals surface area (Å²) in [5, 5.41) is 2.65. The molecule has 1 aliphatic heterocycles. The fraction of sp³-hybridized carbons (Fsp3) is 0.500. The Balaban J connectivity index is 2.37. The lowest BCUT2D eigenvalue weighted by atomic mass is 9.95. The number of ether oxygens (including phenoxy) is 5. The van der Waals surface area contributed by atoms with Crippen molar-refractivity contribution in [3.63, 3.8) is 0 Å². The average Bonchev–Trinajstić information content (AvgIpc) is 2.70. The van der Waals surface area contributed by atoms with Crippen molar-refractivity contribution in [1.29, 1.82) is 0 Å². The lowest BCUT2D eigenvalue weighted by Crippen LogP contribution is -2.67. The molecule has 2 rings (SSSR count). The Labute approximate surface area is 190 Å². The first kappa shape index (κ1) is 25.8. The number of amides is 1. The number of carbonyl (C=O) groups is 5. The average molecular weight is 465 g/mol. The Morgan fingerprint density at radius 1 is 0.818 bits per heavy atom. The molecule has 11 heteroatoms. The third-order valence-electron chi connectivity index (χ3n) is 4.52. The number of rotatable bonds is 8. The number of benzene rings is 1. The standard InChI is InChI=1S/C22H27NO10/c1-12(24)29-11-17-20(30-13(2)25)21(31-14(3)26)19(22(33-17)32-15(4)27)23-18(28)10-16-8-6-5-7-9-16/h5-9,17,19-22H,10-11H2,1-4H3,(H,23,28)/t17-,19+,20-,21+,22-/m0/s1. The van der Waals surface area contributed by atoms with Crippen LogP contribution in [0.3, 0.4) is 0 Å². The third-order valence-corrected chi connectivity index (χ3v) is 4.52. The largest absolute Gasteiger partial charge is 0.463 e. The molecule has 1 aromatic rings. The van der Waals surface area contributed by atoms with Crippen molar-refractivity contribution in [3.05, 3.63) is 35.9 Å². The van der Waals surface area contributed by atoms with Gasteiger partial charge in [0.05, 0.1) is 6.42 Å². The smallest absolute Gasteiger partial charge is 0.305 e. The van der Waals surface area contributed by atoms with Crippen LogP contribution in [0.4, 0.5) is 0 Å². The summed E-state index contributed by atoms with van der Waals surface area (Å²) in [6.07, 6.45) is -5.15. The first-order chi connectivity index (χ1) is 15.6. The lowest BCUT2D eigenvalue weighted by molar-refractivity contribution is -0.271. The molecule has 0 aliphatic carbocycles. The van der Waals surface area contributed by atoms with Crippen molar-refractivity contribution in [2.75, 3.05) is 6.61 Å². The quantitative estimate of drug-likeness (QED) is 0.424. The summed E-state index contributed by atoms with van der Waals surface area (Å²) >= 11 is 0. The minimum Gasteiger partial charge on any atom is -0.463 e. The zero-order valence-electron chi connectivity index (χ0n) is 18.8. The monoisotopic (exact) mass is 465 g/mol. The number of hydrogen-bond acceptors (Lipinski definition) is 10. The van der Waals surface area contributed by atoms with Crippen LogP contribution in [0.15, 0.2) is 30.3 Å². The van der Waals surface area contributed by atoms with Crippen LogP contribution < -0.4 is 5.32 Å². The molecule has 0 bridgehead atoms. The van der Waals surface area contributed by atoms with Gasteiger partial charge in [-0.2, -0.15) is 0 Å². The summed E-state index contributed by atoms with van der Waals surface area (Å²) in [4.78, 5) is 59.4. The van der Waals surface area contributed by atoms with Crippen LogP contribution in [0.25, 0.3) is 0 Å². The molecule has 0 saturated carbocycles. The van der Waals surface area contributed by atoms with Gasteiger partial charge >= 0.3 is 23.9 Å². The molecule has 1 amide bonds. The van der Waals surface area contributed by atoms with Gasteiger partial charge in [-0.3, -0.25) is 24.0 Å². The Hall–Kier alpha value is -3.47. The predicted molar refractivity (Wildman–Crippen MR) is 110 cm³/mol. The highest BCUT2D eigenvalue weighted by Gasteiger charge is 2.52. The van der Waals surface area contributed by atoms with E-state index in [4.69, 9.17) is 23.7 Å². The van der Waals surface area contributed by atoms with Gasteiger partial charge < -0.3 is 29.0 Å². The normalized spacial score (nSPS) is 24.2. The number of hydrogen-bond donors (Lipinski definition) is 1. The van der Waals surface area contributed by atoms with Gasteiger partial charge in [-0.05, 0) is 5.56 Å². The van der Waals surface area contributed by atoms with Gasteiger partial charge in [-0.25, -0.2) is 0 Å². The van der Waals surface area contributed by atoms with E-state index < -0.39 is 60.4 Å². The summed E-state index contributed by atoms with van der Waals surface area (Å²) in [5.74, 6) is -3.32. The van der Waals surface area contributed by atoms with E-state index in [9.17, 15) is 24.0 Å². The maximum atomic E-state index is 12.7. The maximum Gasteiger partial charge on any atom is 0.305 e. The molecule has 180 valence electrons. The van der Waals surface area contributed by atoms with Gasteiger partial charge in [0, 0.05) is 27.7 Å². The van der Waals surface area contributed by atoms with Crippen LogP contribution in [0.2, 0.25) is 0 Å². The van der Waals surface area contributed by atoms with Crippen LogP contribution in [-0.2, 0) is 54.1 Å². The predicted octanol–water partition coefficient (Wildman–Crippen LogP) is 0.428. The van der Waals surface area contributed by atoms with Crippen LogP contribution in [0.1, 0.15) is 33.3 Å². The van der Waals surface area contributed by atoms with Crippen LogP contribution in [0.5, 0.6) is 0 Å². The highest BCUT2D eigenvalue weighted by atomic mass is 16.7.